The molecule has 0 saturated carbocycles. The summed E-state index contributed by atoms with van der Waals surface area (Å²) < 4.78 is 0. The monoisotopic (exact) mass is 706 g/mol. The van der Waals surface area contributed by atoms with E-state index in [1.54, 1.807) is 6.08 Å². The Bertz CT molecular complexity index is 680. The molecule has 0 heterocycles. The van der Waals surface area contributed by atoms with Crippen LogP contribution in [0.3, 0.4) is 0 Å². The van der Waals surface area contributed by atoms with Crippen molar-refractivity contribution < 1.29 is 15.0 Å². The second kappa shape index (κ2) is 42.5. The zero-order chi connectivity index (χ0) is 36.4. The molecule has 3 N–H and O–H groups in total. The van der Waals surface area contributed by atoms with Crippen molar-refractivity contribution >= 4 is 5.91 Å². The van der Waals surface area contributed by atoms with Crippen LogP contribution in [0, 0.1) is 0 Å². The molecule has 0 fully saturated rings. The maximum absolute atomic E-state index is 12.3. The summed E-state index contributed by atoms with van der Waals surface area (Å²) in [5.41, 5.74) is 0. The highest BCUT2D eigenvalue weighted by molar-refractivity contribution is 5.76. The van der Waals surface area contributed by atoms with Crippen molar-refractivity contribution in [2.75, 3.05) is 6.61 Å². The van der Waals surface area contributed by atoms with E-state index in [1.165, 1.54) is 212 Å². The summed E-state index contributed by atoms with van der Waals surface area (Å²) in [5, 5.41) is 22.8. The molecule has 1 amide bonds. The number of unbranched alkanes of at least 4 members (excludes halogenated alkanes) is 35. The van der Waals surface area contributed by atoms with E-state index in [2.05, 4.69) is 19.2 Å². The Morgan fingerprint density at radius 1 is 0.460 bits per heavy atom. The van der Waals surface area contributed by atoms with Gasteiger partial charge < -0.3 is 15.5 Å². The second-order valence-electron chi connectivity index (χ2n) is 15.8. The minimum atomic E-state index is -0.831. The number of aliphatic hydroxyl groups excluding tert-OH is 2. The van der Waals surface area contributed by atoms with Crippen LogP contribution < -0.4 is 5.32 Å². The number of allylic oxidation sites excluding steroid dienone is 1. The van der Waals surface area contributed by atoms with Gasteiger partial charge in [0.2, 0.25) is 5.91 Å². The molecule has 0 aromatic rings. The summed E-state index contributed by atoms with van der Waals surface area (Å²) >= 11 is 0. The normalized spacial score (nSPS) is 13.0. The van der Waals surface area contributed by atoms with Crippen molar-refractivity contribution in [2.24, 2.45) is 0 Å². The number of aliphatic hydroxyl groups is 2. The molecule has 2 atom stereocenters. The lowest BCUT2D eigenvalue weighted by Gasteiger charge is -2.20. The van der Waals surface area contributed by atoms with E-state index in [1.807, 2.05) is 6.08 Å². The fraction of sp³-hybridized carbons (Fsp3) is 0.935. The molecule has 0 saturated heterocycles. The third kappa shape index (κ3) is 38.4. The van der Waals surface area contributed by atoms with Crippen molar-refractivity contribution in [2.45, 2.75) is 270 Å². The van der Waals surface area contributed by atoms with E-state index >= 15 is 0 Å². The number of amides is 1. The molecule has 4 nitrogen and oxygen atoms in total. The molecule has 50 heavy (non-hydrogen) atoms. The van der Waals surface area contributed by atoms with Crippen LogP contribution in [0.25, 0.3) is 0 Å². The van der Waals surface area contributed by atoms with Crippen LogP contribution in [-0.4, -0.2) is 34.9 Å². The molecule has 0 aliphatic heterocycles. The molecule has 0 radical (unpaired) electrons. The van der Waals surface area contributed by atoms with Crippen LogP contribution in [0.15, 0.2) is 12.2 Å². The van der Waals surface area contributed by atoms with Gasteiger partial charge in [-0.2, -0.15) is 0 Å². The summed E-state index contributed by atoms with van der Waals surface area (Å²) in [6.45, 7) is 4.27. The van der Waals surface area contributed by atoms with Gasteiger partial charge in [-0.15, -0.1) is 0 Å². The van der Waals surface area contributed by atoms with Crippen molar-refractivity contribution in [3.05, 3.63) is 12.2 Å². The zero-order valence-electron chi connectivity index (χ0n) is 34.2. The summed E-state index contributed by atoms with van der Waals surface area (Å²) in [6.07, 6.45) is 53.7. The standard InChI is InChI=1S/C46H91NO3/c1-3-5-7-9-11-12-13-14-15-16-17-18-19-20-21-22-23-24-25-26-27-28-29-30-31-32-33-34-36-38-40-42-46(50)47-44(43-48)45(49)41-39-37-35-10-8-6-4-2/h39,41,44-45,48-49H,3-38,40,42-43H2,1-2H3,(H,47,50)/b41-39+. The first kappa shape index (κ1) is 49.1. The third-order valence-electron chi connectivity index (χ3n) is 10.8. The van der Waals surface area contributed by atoms with Gasteiger partial charge in [0.05, 0.1) is 18.8 Å². The fourth-order valence-electron chi connectivity index (χ4n) is 7.24. The lowest BCUT2D eigenvalue weighted by Crippen LogP contribution is -2.45. The number of rotatable bonds is 42. The van der Waals surface area contributed by atoms with Gasteiger partial charge >= 0.3 is 0 Å². The molecule has 0 bridgehead atoms. The van der Waals surface area contributed by atoms with Crippen molar-refractivity contribution in [1.29, 1.82) is 0 Å². The van der Waals surface area contributed by atoms with Gasteiger partial charge in [-0.3, -0.25) is 4.79 Å². The molecule has 2 unspecified atom stereocenters. The van der Waals surface area contributed by atoms with E-state index in [0.717, 1.165) is 25.7 Å². The Morgan fingerprint density at radius 2 is 0.740 bits per heavy atom. The van der Waals surface area contributed by atoms with Crippen LogP contribution in [0.1, 0.15) is 258 Å². The lowest BCUT2D eigenvalue weighted by atomic mass is 10.0. The van der Waals surface area contributed by atoms with Crippen molar-refractivity contribution in [1.82, 2.24) is 5.32 Å². The van der Waals surface area contributed by atoms with Gasteiger partial charge in [0, 0.05) is 6.42 Å². The SMILES string of the molecule is CCCCCCC/C=C/C(O)C(CO)NC(=O)CCCCCCCCCCCCCCCCCCCCCCCCCCCCCCCCC. The molecule has 0 aliphatic rings. The van der Waals surface area contributed by atoms with Crippen LogP contribution in [0.4, 0.5) is 0 Å². The van der Waals surface area contributed by atoms with E-state index in [9.17, 15) is 15.0 Å². The highest BCUT2D eigenvalue weighted by Crippen LogP contribution is 2.17. The maximum atomic E-state index is 12.3. The topological polar surface area (TPSA) is 69.6 Å². The zero-order valence-corrected chi connectivity index (χ0v) is 34.2. The minimum absolute atomic E-state index is 0.0635. The summed E-state index contributed by atoms with van der Waals surface area (Å²) in [4.78, 5) is 12.3. The maximum Gasteiger partial charge on any atom is 0.220 e. The average molecular weight is 706 g/mol. The molecule has 298 valence electrons. The Kier molecular flexibility index (Phi) is 41.8. The Labute approximate surface area is 314 Å². The number of nitrogens with one attached hydrogen (secondary N) is 1. The van der Waals surface area contributed by atoms with Crippen molar-refractivity contribution in [3.8, 4) is 0 Å². The molecule has 0 rings (SSSR count). The van der Waals surface area contributed by atoms with Gasteiger partial charge in [-0.05, 0) is 19.3 Å². The Hall–Kier alpha value is -0.870. The van der Waals surface area contributed by atoms with E-state index < -0.39 is 12.1 Å². The molecule has 0 aromatic heterocycles. The molecular weight excluding hydrogens is 615 g/mol. The first-order chi connectivity index (χ1) is 24.7. The number of hydrogen-bond donors (Lipinski definition) is 3. The number of hydrogen-bond acceptors (Lipinski definition) is 3. The van der Waals surface area contributed by atoms with Gasteiger partial charge in [0.15, 0.2) is 0 Å². The largest absolute Gasteiger partial charge is 0.394 e. The molecular formula is C46H91NO3. The quantitative estimate of drug-likeness (QED) is 0.0437. The summed E-state index contributed by atoms with van der Waals surface area (Å²) in [6, 6.07) is -0.614. The predicted molar refractivity (Wildman–Crippen MR) is 221 cm³/mol. The van der Waals surface area contributed by atoms with Crippen LogP contribution in [0.5, 0.6) is 0 Å². The Morgan fingerprint density at radius 3 is 1.04 bits per heavy atom. The van der Waals surface area contributed by atoms with E-state index in [0.29, 0.717) is 6.42 Å². The molecule has 0 aliphatic carbocycles. The summed E-state index contributed by atoms with van der Waals surface area (Å²) in [7, 11) is 0. The summed E-state index contributed by atoms with van der Waals surface area (Å²) in [5.74, 6) is -0.0635. The average Bonchev–Trinajstić information content (AvgIpc) is 3.12. The minimum Gasteiger partial charge on any atom is -0.394 e. The first-order valence-corrected chi connectivity index (χ1v) is 22.9. The van der Waals surface area contributed by atoms with Crippen LogP contribution in [-0.2, 0) is 4.79 Å². The highest BCUT2D eigenvalue weighted by Gasteiger charge is 2.17. The predicted octanol–water partition coefficient (Wildman–Crippen LogP) is 14.2. The van der Waals surface area contributed by atoms with Gasteiger partial charge in [0.25, 0.3) is 0 Å². The third-order valence-corrected chi connectivity index (χ3v) is 10.8. The number of carbonyl (C=O) groups excluding carboxylic acids is 1. The molecule has 0 aromatic carbocycles. The van der Waals surface area contributed by atoms with Crippen LogP contribution >= 0.6 is 0 Å². The molecule has 0 spiro atoms. The fourth-order valence-corrected chi connectivity index (χ4v) is 7.24. The van der Waals surface area contributed by atoms with Gasteiger partial charge in [0.1, 0.15) is 0 Å². The Balaban J connectivity index is 3.33. The molecule has 4 heteroatoms. The van der Waals surface area contributed by atoms with E-state index in [4.69, 9.17) is 0 Å². The van der Waals surface area contributed by atoms with Gasteiger partial charge in [-0.1, -0.05) is 244 Å². The highest BCUT2D eigenvalue weighted by atomic mass is 16.3. The first-order valence-electron chi connectivity index (χ1n) is 22.9. The smallest absolute Gasteiger partial charge is 0.220 e. The van der Waals surface area contributed by atoms with E-state index in [-0.39, 0.29) is 12.5 Å². The van der Waals surface area contributed by atoms with Crippen LogP contribution in [0.2, 0.25) is 0 Å². The number of carbonyl (C=O) groups is 1. The van der Waals surface area contributed by atoms with Gasteiger partial charge in [-0.25, -0.2) is 0 Å². The van der Waals surface area contributed by atoms with Crippen molar-refractivity contribution in [3.63, 3.8) is 0 Å². The lowest BCUT2D eigenvalue weighted by molar-refractivity contribution is -0.123. The second-order valence-corrected chi connectivity index (χ2v) is 15.8.